The molecule has 1 unspecified atom stereocenters. The van der Waals surface area contributed by atoms with Crippen LogP contribution in [0, 0.1) is 0 Å². The molecule has 7 heteroatoms. The van der Waals surface area contributed by atoms with E-state index in [0.717, 1.165) is 48.1 Å². The maximum Gasteiger partial charge on any atom is 0.258 e. The minimum atomic E-state index is -1.04. The van der Waals surface area contributed by atoms with Gasteiger partial charge in [0.1, 0.15) is 0 Å². The number of amides is 2. The number of rotatable bonds is 5. The Balaban J connectivity index is 1.57. The highest BCUT2D eigenvalue weighted by molar-refractivity contribution is 6.30. The van der Waals surface area contributed by atoms with Gasteiger partial charge in [-0.25, -0.2) is 0 Å². The largest absolute Gasteiger partial charge is 0.369 e. The molecule has 0 bridgehead atoms. The highest BCUT2D eigenvalue weighted by atomic mass is 35.5. The molecule has 2 aromatic carbocycles. The SMILES string of the molecule is CCN1C(=O)C(CN2CCN(c3cccc(Cl)c3)CC2)(NC(C)=O)c2ccccc21. The molecule has 158 valence electrons. The average molecular weight is 427 g/mol. The van der Waals surface area contributed by atoms with Gasteiger partial charge in [-0.05, 0) is 31.2 Å². The average Bonchev–Trinajstić information content (AvgIpc) is 2.96. The van der Waals surface area contributed by atoms with Gasteiger partial charge >= 0.3 is 0 Å². The molecule has 0 aromatic heterocycles. The maximum absolute atomic E-state index is 13.5. The Morgan fingerprint density at radius 2 is 1.83 bits per heavy atom. The van der Waals surface area contributed by atoms with Gasteiger partial charge in [-0.3, -0.25) is 14.5 Å². The zero-order valence-corrected chi connectivity index (χ0v) is 18.2. The molecule has 0 saturated carbocycles. The van der Waals surface area contributed by atoms with Gasteiger partial charge in [0.05, 0.1) is 0 Å². The molecule has 30 heavy (non-hydrogen) atoms. The predicted molar refractivity (Wildman–Crippen MR) is 120 cm³/mol. The van der Waals surface area contributed by atoms with Gasteiger partial charge in [-0.15, -0.1) is 0 Å². The van der Waals surface area contributed by atoms with Crippen molar-refractivity contribution in [3.63, 3.8) is 0 Å². The molecule has 2 heterocycles. The summed E-state index contributed by atoms with van der Waals surface area (Å²) in [6.07, 6.45) is 0. The number of hydrogen-bond donors (Lipinski definition) is 1. The van der Waals surface area contributed by atoms with Crippen LogP contribution in [0.5, 0.6) is 0 Å². The van der Waals surface area contributed by atoms with Crippen molar-refractivity contribution in [1.82, 2.24) is 10.2 Å². The Hall–Kier alpha value is -2.57. The van der Waals surface area contributed by atoms with Crippen molar-refractivity contribution in [1.29, 1.82) is 0 Å². The summed E-state index contributed by atoms with van der Waals surface area (Å²) in [6, 6.07) is 15.7. The summed E-state index contributed by atoms with van der Waals surface area (Å²) in [4.78, 5) is 32.0. The zero-order valence-electron chi connectivity index (χ0n) is 17.4. The Labute approximate surface area is 182 Å². The number of piperazine rings is 1. The molecule has 2 amide bonds. The quantitative estimate of drug-likeness (QED) is 0.798. The Bertz CT molecular complexity index is 958. The van der Waals surface area contributed by atoms with Crippen molar-refractivity contribution in [2.24, 2.45) is 0 Å². The third-order valence-electron chi connectivity index (χ3n) is 5.98. The molecule has 4 rings (SSSR count). The topological polar surface area (TPSA) is 55.9 Å². The third kappa shape index (κ3) is 3.66. The number of fused-ring (bicyclic) bond motifs is 1. The molecule has 1 N–H and O–H groups in total. The highest BCUT2D eigenvalue weighted by Gasteiger charge is 2.52. The lowest BCUT2D eigenvalue weighted by molar-refractivity contribution is -0.131. The van der Waals surface area contributed by atoms with Crippen molar-refractivity contribution < 1.29 is 9.59 Å². The van der Waals surface area contributed by atoms with Gasteiger partial charge in [-0.1, -0.05) is 35.9 Å². The Kier molecular flexibility index (Phi) is 5.71. The first-order chi connectivity index (χ1) is 14.4. The zero-order chi connectivity index (χ0) is 21.3. The van der Waals surface area contributed by atoms with Crippen LogP contribution < -0.4 is 15.1 Å². The van der Waals surface area contributed by atoms with E-state index in [-0.39, 0.29) is 11.8 Å². The summed E-state index contributed by atoms with van der Waals surface area (Å²) >= 11 is 6.14. The summed E-state index contributed by atoms with van der Waals surface area (Å²) < 4.78 is 0. The molecular weight excluding hydrogens is 400 g/mol. The van der Waals surface area contributed by atoms with E-state index >= 15 is 0 Å². The number of halogens is 1. The lowest BCUT2D eigenvalue weighted by Gasteiger charge is -2.40. The van der Waals surface area contributed by atoms with Crippen LogP contribution >= 0.6 is 11.6 Å². The lowest BCUT2D eigenvalue weighted by atomic mass is 9.90. The summed E-state index contributed by atoms with van der Waals surface area (Å²) in [7, 11) is 0. The van der Waals surface area contributed by atoms with Crippen LogP contribution in [0.25, 0.3) is 0 Å². The van der Waals surface area contributed by atoms with E-state index in [0.29, 0.717) is 13.1 Å². The van der Waals surface area contributed by atoms with Crippen LogP contribution in [0.15, 0.2) is 48.5 Å². The van der Waals surface area contributed by atoms with Crippen LogP contribution in [0.3, 0.4) is 0 Å². The van der Waals surface area contributed by atoms with Crippen molar-refractivity contribution >= 4 is 34.8 Å². The number of nitrogens with one attached hydrogen (secondary N) is 1. The number of likely N-dealkylation sites (N-methyl/N-ethyl adjacent to an activating group) is 1. The van der Waals surface area contributed by atoms with Crippen LogP contribution in [0.2, 0.25) is 5.02 Å². The van der Waals surface area contributed by atoms with Gasteiger partial charge in [0.25, 0.3) is 5.91 Å². The van der Waals surface area contributed by atoms with Crippen molar-refractivity contribution in [3.8, 4) is 0 Å². The van der Waals surface area contributed by atoms with Crippen LogP contribution in [-0.2, 0) is 15.1 Å². The minimum absolute atomic E-state index is 0.0568. The molecule has 0 spiro atoms. The predicted octanol–water partition coefficient (Wildman–Crippen LogP) is 2.86. The smallest absolute Gasteiger partial charge is 0.258 e. The molecule has 2 aliphatic rings. The number of carbonyl (C=O) groups is 2. The van der Waals surface area contributed by atoms with E-state index in [1.54, 1.807) is 4.90 Å². The summed E-state index contributed by atoms with van der Waals surface area (Å²) in [5.41, 5.74) is 1.83. The second-order valence-electron chi connectivity index (χ2n) is 7.90. The fraction of sp³-hybridized carbons (Fsp3) is 0.391. The van der Waals surface area contributed by atoms with Crippen molar-refractivity contribution in [2.75, 3.05) is 49.1 Å². The molecule has 2 aliphatic heterocycles. The van der Waals surface area contributed by atoms with E-state index in [1.165, 1.54) is 6.92 Å². The first-order valence-electron chi connectivity index (χ1n) is 10.4. The minimum Gasteiger partial charge on any atom is -0.369 e. The molecule has 1 saturated heterocycles. The van der Waals surface area contributed by atoms with E-state index < -0.39 is 5.54 Å². The standard InChI is InChI=1S/C23H27ClN4O2/c1-3-28-21-10-5-4-9-20(21)23(22(28)30,25-17(2)29)16-26-11-13-27(14-12-26)19-8-6-7-18(24)15-19/h4-10,15H,3,11-14,16H2,1-2H3,(H,25,29). The van der Waals surface area contributed by atoms with Gasteiger partial charge in [0.2, 0.25) is 5.91 Å². The third-order valence-corrected chi connectivity index (χ3v) is 6.21. The number of carbonyl (C=O) groups excluding carboxylic acids is 2. The van der Waals surface area contributed by atoms with Gasteiger partial charge in [0, 0.05) is 68.2 Å². The van der Waals surface area contributed by atoms with Gasteiger partial charge in [0.15, 0.2) is 5.54 Å². The van der Waals surface area contributed by atoms with Crippen molar-refractivity contribution in [3.05, 3.63) is 59.1 Å². The fourth-order valence-corrected chi connectivity index (χ4v) is 4.81. The molecule has 1 atom stereocenters. The molecule has 2 aromatic rings. The van der Waals surface area contributed by atoms with Crippen LogP contribution in [0.1, 0.15) is 19.4 Å². The number of para-hydroxylation sites is 1. The monoisotopic (exact) mass is 426 g/mol. The van der Waals surface area contributed by atoms with E-state index in [2.05, 4.69) is 21.2 Å². The van der Waals surface area contributed by atoms with E-state index in [4.69, 9.17) is 11.6 Å². The Morgan fingerprint density at radius 1 is 1.10 bits per heavy atom. The summed E-state index contributed by atoms with van der Waals surface area (Å²) in [5.74, 6) is -0.257. The normalized spacial score (nSPS) is 21.6. The molecular formula is C23H27ClN4O2. The van der Waals surface area contributed by atoms with Crippen LogP contribution in [-0.4, -0.2) is 56.0 Å². The van der Waals surface area contributed by atoms with Crippen LogP contribution in [0.4, 0.5) is 11.4 Å². The van der Waals surface area contributed by atoms with Crippen molar-refractivity contribution in [2.45, 2.75) is 19.4 Å². The van der Waals surface area contributed by atoms with Gasteiger partial charge < -0.3 is 15.1 Å². The molecule has 1 fully saturated rings. The first kappa shape index (κ1) is 20.7. The van der Waals surface area contributed by atoms with E-state index in [1.807, 2.05) is 49.4 Å². The summed E-state index contributed by atoms with van der Waals surface area (Å²) in [6.45, 7) is 7.74. The Morgan fingerprint density at radius 3 is 2.50 bits per heavy atom. The molecule has 0 aliphatic carbocycles. The fourth-order valence-electron chi connectivity index (χ4n) is 4.62. The molecule has 6 nitrogen and oxygen atoms in total. The molecule has 0 radical (unpaired) electrons. The number of hydrogen-bond acceptors (Lipinski definition) is 4. The van der Waals surface area contributed by atoms with E-state index in [9.17, 15) is 9.59 Å². The number of anilines is 2. The summed E-state index contributed by atoms with van der Waals surface area (Å²) in [5, 5.41) is 3.75. The van der Waals surface area contributed by atoms with Gasteiger partial charge in [-0.2, -0.15) is 0 Å². The lowest BCUT2D eigenvalue weighted by Crippen LogP contribution is -2.60. The highest BCUT2D eigenvalue weighted by Crippen LogP contribution is 2.41. The second kappa shape index (κ2) is 8.28. The number of nitrogens with zero attached hydrogens (tertiary/aromatic N) is 3. The first-order valence-corrected chi connectivity index (χ1v) is 10.8. The maximum atomic E-state index is 13.5. The second-order valence-corrected chi connectivity index (χ2v) is 8.33. The number of benzene rings is 2.